The maximum absolute atomic E-state index is 5.78. The second-order valence-electron chi connectivity index (χ2n) is 22.4. The van der Waals surface area contributed by atoms with Crippen molar-refractivity contribution in [3.63, 3.8) is 0 Å². The van der Waals surface area contributed by atoms with Crippen LogP contribution in [0.2, 0.25) is 0 Å². The van der Waals surface area contributed by atoms with E-state index in [1.807, 2.05) is 72.8 Å². The van der Waals surface area contributed by atoms with Crippen molar-refractivity contribution in [1.82, 2.24) is 27.4 Å². The first-order valence-electron chi connectivity index (χ1n) is 29.8. The number of nitrogens with zero attached hydrogens (tertiary/aromatic N) is 6. The Kier molecular flexibility index (Phi) is 12.9. The number of rotatable bonds is 12. The molecule has 4 aromatic heterocycles. The second kappa shape index (κ2) is 21.6. The van der Waals surface area contributed by atoms with Crippen molar-refractivity contribution in [3.05, 3.63) is 255 Å². The van der Waals surface area contributed by atoms with Gasteiger partial charge >= 0.3 is 0 Å². The van der Waals surface area contributed by atoms with Crippen molar-refractivity contribution in [1.29, 1.82) is 0 Å². The summed E-state index contributed by atoms with van der Waals surface area (Å²) in [4.78, 5) is 0. The van der Waals surface area contributed by atoms with E-state index in [1.165, 1.54) is 0 Å². The molecule has 16 rings (SSSR count). The molecule has 0 aliphatic heterocycles. The molecule has 12 heteroatoms. The molecule has 0 aliphatic rings. The third-order valence-electron chi connectivity index (χ3n) is 17.7. The van der Waals surface area contributed by atoms with E-state index in [0.29, 0.717) is 0 Å². The van der Waals surface area contributed by atoms with Crippen molar-refractivity contribution in [2.24, 2.45) is 0 Å². The highest BCUT2D eigenvalue weighted by molar-refractivity contribution is 6.15. The van der Waals surface area contributed by atoms with Crippen LogP contribution in [0.5, 0.6) is 34.5 Å². The zero-order chi connectivity index (χ0) is 60.7. The molecule has 12 aromatic carbocycles. The Morgan fingerprint density at radius 2 is 0.311 bits per heavy atom. The monoisotopic (exact) mass is 1180 g/mol. The molecule has 0 fully saturated rings. The Morgan fingerprint density at radius 1 is 0.167 bits per heavy atom. The first-order chi connectivity index (χ1) is 44.3. The molecule has 12 bridgehead atoms. The van der Waals surface area contributed by atoms with Crippen LogP contribution < -0.4 is 28.4 Å². The molecule has 12 nitrogen and oxygen atoms in total. The molecular weight excluding hydrogens is 1120 g/mol. The van der Waals surface area contributed by atoms with Gasteiger partial charge in [0.1, 0.15) is 34.5 Å². The minimum Gasteiger partial charge on any atom is -0.497 e. The Hall–Kier alpha value is -11.8. The highest BCUT2D eigenvalue weighted by atomic mass is 16.5. The quantitative estimate of drug-likeness (QED) is 0.121. The molecule has 0 aliphatic carbocycles. The number of methoxy groups -OCH3 is 6. The summed E-state index contributed by atoms with van der Waals surface area (Å²) in [5.41, 5.74) is 18.1. The third kappa shape index (κ3) is 8.74. The minimum absolute atomic E-state index is 0.769. The van der Waals surface area contributed by atoms with Gasteiger partial charge in [-0.2, -0.15) is 0 Å². The maximum atomic E-state index is 5.78. The molecule has 90 heavy (non-hydrogen) atoms. The zero-order valence-electron chi connectivity index (χ0n) is 50.4. The van der Waals surface area contributed by atoms with E-state index in [4.69, 9.17) is 28.4 Å². The number of aromatic nitrogens is 6. The van der Waals surface area contributed by atoms with Gasteiger partial charge in [0.15, 0.2) is 0 Å². The van der Waals surface area contributed by atoms with Gasteiger partial charge in [-0.3, -0.25) is 0 Å². The van der Waals surface area contributed by atoms with Crippen LogP contribution in [-0.2, 0) is 0 Å². The Balaban J connectivity index is 1.12. The average Bonchev–Trinajstić information content (AvgIpc) is 1.59. The number of ether oxygens (including phenoxy) is 6. The van der Waals surface area contributed by atoms with Crippen LogP contribution in [0.3, 0.4) is 0 Å². The van der Waals surface area contributed by atoms with E-state index in [9.17, 15) is 0 Å². The lowest BCUT2D eigenvalue weighted by Gasteiger charge is -2.13. The molecule has 0 atom stereocenters. The lowest BCUT2D eigenvalue weighted by Crippen LogP contribution is -1.98. The van der Waals surface area contributed by atoms with Crippen LogP contribution in [0.1, 0.15) is 0 Å². The fourth-order valence-electron chi connectivity index (χ4n) is 13.4. The van der Waals surface area contributed by atoms with Crippen LogP contribution in [0, 0.1) is 0 Å². The van der Waals surface area contributed by atoms with Crippen LogP contribution >= 0.6 is 0 Å². The lowest BCUT2D eigenvalue weighted by atomic mass is 10.1. The van der Waals surface area contributed by atoms with Gasteiger partial charge in [-0.15, -0.1) is 0 Å². The van der Waals surface area contributed by atoms with E-state index in [0.717, 1.165) is 167 Å². The van der Waals surface area contributed by atoms with E-state index >= 15 is 0 Å². The summed E-state index contributed by atoms with van der Waals surface area (Å²) in [6.07, 6.45) is 0. The van der Waals surface area contributed by atoms with Crippen molar-refractivity contribution < 1.29 is 28.4 Å². The summed E-state index contributed by atoms with van der Waals surface area (Å²) < 4.78 is 48.6. The second-order valence-corrected chi connectivity index (χ2v) is 22.4. The fraction of sp³-hybridized carbons (Fsp3) is 0.0769. The minimum atomic E-state index is 0.769. The summed E-state index contributed by atoms with van der Waals surface area (Å²) >= 11 is 0. The number of hydrogen-bond donors (Lipinski definition) is 0. The van der Waals surface area contributed by atoms with Gasteiger partial charge in [-0.05, 0) is 255 Å². The van der Waals surface area contributed by atoms with Gasteiger partial charge in [0.25, 0.3) is 0 Å². The fourth-order valence-corrected chi connectivity index (χ4v) is 13.4. The largest absolute Gasteiger partial charge is 0.497 e. The molecule has 0 radical (unpaired) electrons. The van der Waals surface area contributed by atoms with E-state index < -0.39 is 0 Å². The first-order valence-corrected chi connectivity index (χ1v) is 29.8. The molecule has 0 N–H and O–H groups in total. The summed E-state index contributed by atoms with van der Waals surface area (Å²) in [5.74, 6) is 4.67. The molecule has 16 aromatic rings. The van der Waals surface area contributed by atoms with Crippen LogP contribution in [-0.4, -0.2) is 70.1 Å². The SMILES string of the molecule is COc1ccc(-n2c3ccc4c(c3)c3cc(ccc3n4-c3ccc(OC)cc3)n(-c3ccc(OC)cc3)c3ccc4c(c3)c3cc(ccc3n4-c3ccc(OC)cc3)n(-c3ccc(OC)cc3)c3ccc4c(c3)c3cc2ccc3n4-c2ccc(OC)cc2)cc1. The highest BCUT2D eigenvalue weighted by Crippen LogP contribution is 2.41. The number of benzene rings is 12. The molecule has 0 unspecified atom stereocenters. The molecule has 0 spiro atoms. The van der Waals surface area contributed by atoms with Gasteiger partial charge in [-0.1, -0.05) is 0 Å². The topological polar surface area (TPSA) is 85.0 Å². The van der Waals surface area contributed by atoms with Gasteiger partial charge in [0, 0.05) is 99.5 Å². The average molecular weight is 1180 g/mol. The predicted molar refractivity (Wildman–Crippen MR) is 366 cm³/mol. The maximum Gasteiger partial charge on any atom is 0.119 e. The first kappa shape index (κ1) is 53.7. The van der Waals surface area contributed by atoms with Gasteiger partial charge in [-0.25, -0.2) is 0 Å². The van der Waals surface area contributed by atoms with Crippen molar-refractivity contribution in [3.8, 4) is 68.6 Å². The van der Waals surface area contributed by atoms with Crippen LogP contribution in [0.15, 0.2) is 255 Å². The van der Waals surface area contributed by atoms with Crippen molar-refractivity contribution in [2.45, 2.75) is 0 Å². The smallest absolute Gasteiger partial charge is 0.119 e. The van der Waals surface area contributed by atoms with E-state index in [2.05, 4.69) is 209 Å². The molecule has 438 valence electrons. The summed E-state index contributed by atoms with van der Waals surface area (Å²) in [6.45, 7) is 0. The lowest BCUT2D eigenvalue weighted by molar-refractivity contribution is 0.414. The van der Waals surface area contributed by atoms with Crippen molar-refractivity contribution >= 4 is 98.5 Å². The molecule has 0 saturated heterocycles. The number of hydrogen-bond acceptors (Lipinski definition) is 6. The molecule has 0 amide bonds. The van der Waals surface area contributed by atoms with E-state index in [1.54, 1.807) is 42.7 Å². The van der Waals surface area contributed by atoms with Gasteiger partial charge < -0.3 is 55.8 Å². The Morgan fingerprint density at radius 3 is 0.456 bits per heavy atom. The summed E-state index contributed by atoms with van der Waals surface area (Å²) in [7, 11) is 10.2. The normalized spacial score (nSPS) is 11.7. The Bertz CT molecular complexity index is 4820. The van der Waals surface area contributed by atoms with Crippen LogP contribution in [0.25, 0.3) is 133 Å². The standard InChI is InChI=1S/C78H60N6O6/c1-85-61-25-7-49(8-26-61)79-55-19-37-73-67(43-55)69-45-57(21-39-75(69)82(73)52-13-31-64(88-4)32-14-52)80(50-9-27-62(86-2)28-10-50)59-23-41-77-71(47-59)72-48-60(24-42-78(72)84(77)54-17-35-66(90-6)36-18-54)81(51-11-29-63(87-3)30-12-51)58-22-40-76-70(46-58)68-44-56(79)20-38-74(68)83(76)53-15-33-65(89-5)34-16-53/h7-48H,1-6H3. The predicted octanol–water partition coefficient (Wildman–Crippen LogP) is 18.5. The number of fused-ring (bicyclic) bond motifs is 6. The van der Waals surface area contributed by atoms with Gasteiger partial charge in [0.05, 0.1) is 75.8 Å². The van der Waals surface area contributed by atoms with Crippen LogP contribution in [0.4, 0.5) is 0 Å². The summed E-state index contributed by atoms with van der Waals surface area (Å²) in [5, 5.41) is 6.45. The zero-order valence-corrected chi connectivity index (χ0v) is 50.4. The van der Waals surface area contributed by atoms with E-state index in [-0.39, 0.29) is 0 Å². The highest BCUT2D eigenvalue weighted by Gasteiger charge is 2.20. The molecule has 4 heterocycles. The summed E-state index contributed by atoms with van der Waals surface area (Å²) in [6, 6.07) is 91.0. The molecular formula is C78H60N6O6. The Labute approximate surface area is 517 Å². The third-order valence-corrected chi connectivity index (χ3v) is 17.7. The van der Waals surface area contributed by atoms with Crippen molar-refractivity contribution in [2.75, 3.05) is 42.7 Å². The molecule has 0 saturated carbocycles. The van der Waals surface area contributed by atoms with Gasteiger partial charge in [0.2, 0.25) is 0 Å².